The average Bonchev–Trinajstić information content (AvgIpc) is 2.86. The Morgan fingerprint density at radius 1 is 1.48 bits per heavy atom. The maximum Gasteiger partial charge on any atom is 0.309 e. The van der Waals surface area contributed by atoms with Gasteiger partial charge >= 0.3 is 5.97 Å². The number of aliphatic carboxylic acids is 1. The number of carbonyl (C=O) groups is 2. The number of hydrogen-bond donors (Lipinski definition) is 2. The zero-order valence-corrected chi connectivity index (χ0v) is 13.6. The SMILES string of the molecule is CC(Sc1nc(CC(=O)O)cs1)C(=O)NC1CCCCC1. The van der Waals surface area contributed by atoms with Crippen LogP contribution in [0.2, 0.25) is 0 Å². The standard InChI is InChI=1S/C14H20N2O3S2/c1-9(13(19)15-10-5-3-2-4-6-10)21-14-16-11(8-20-14)7-12(17)18/h8-10H,2-7H2,1H3,(H,15,19)(H,17,18). The minimum atomic E-state index is -0.889. The normalized spacial score (nSPS) is 17.4. The van der Waals surface area contributed by atoms with Crippen molar-refractivity contribution in [2.24, 2.45) is 0 Å². The number of thiazole rings is 1. The Kier molecular flexibility index (Phi) is 6.05. The van der Waals surface area contributed by atoms with Gasteiger partial charge in [-0.15, -0.1) is 11.3 Å². The van der Waals surface area contributed by atoms with Crippen LogP contribution in [0, 0.1) is 0 Å². The molecule has 7 heteroatoms. The molecule has 116 valence electrons. The second kappa shape index (κ2) is 7.79. The highest BCUT2D eigenvalue weighted by atomic mass is 32.2. The quantitative estimate of drug-likeness (QED) is 0.785. The van der Waals surface area contributed by atoms with Gasteiger partial charge in [0.2, 0.25) is 5.91 Å². The van der Waals surface area contributed by atoms with Gasteiger partial charge in [0.15, 0.2) is 4.34 Å². The first-order chi connectivity index (χ1) is 10.0. The van der Waals surface area contributed by atoms with Crippen molar-refractivity contribution in [3.63, 3.8) is 0 Å². The van der Waals surface area contributed by atoms with Crippen molar-refractivity contribution in [2.45, 2.75) is 61.1 Å². The van der Waals surface area contributed by atoms with Crippen LogP contribution in [0.4, 0.5) is 0 Å². The third kappa shape index (κ3) is 5.32. The number of thioether (sulfide) groups is 1. The van der Waals surface area contributed by atoms with E-state index in [-0.39, 0.29) is 17.6 Å². The summed E-state index contributed by atoms with van der Waals surface area (Å²) in [5.74, 6) is -0.846. The van der Waals surface area contributed by atoms with Gasteiger partial charge in [-0.1, -0.05) is 31.0 Å². The van der Waals surface area contributed by atoms with Crippen LogP contribution in [0.15, 0.2) is 9.72 Å². The number of carboxylic acid groups (broad SMARTS) is 1. The lowest BCUT2D eigenvalue weighted by Gasteiger charge is -2.24. The predicted octanol–water partition coefficient (Wildman–Crippen LogP) is 2.70. The van der Waals surface area contributed by atoms with Gasteiger partial charge in [-0.2, -0.15) is 0 Å². The van der Waals surface area contributed by atoms with Crippen LogP contribution in [0.5, 0.6) is 0 Å². The van der Waals surface area contributed by atoms with Crippen molar-refractivity contribution < 1.29 is 14.7 Å². The first-order valence-electron chi connectivity index (χ1n) is 7.18. The number of nitrogens with one attached hydrogen (secondary N) is 1. The number of nitrogens with zero attached hydrogens (tertiary/aromatic N) is 1. The van der Waals surface area contributed by atoms with Crippen molar-refractivity contribution in [2.75, 3.05) is 0 Å². The number of aromatic nitrogens is 1. The summed E-state index contributed by atoms with van der Waals surface area (Å²) in [5.41, 5.74) is 0.551. The average molecular weight is 328 g/mol. The highest BCUT2D eigenvalue weighted by Crippen LogP contribution is 2.27. The first-order valence-corrected chi connectivity index (χ1v) is 8.94. The van der Waals surface area contributed by atoms with E-state index in [0.717, 1.165) is 17.2 Å². The van der Waals surface area contributed by atoms with Crippen LogP contribution in [-0.2, 0) is 16.0 Å². The molecule has 1 fully saturated rings. The minimum absolute atomic E-state index is 0.0434. The summed E-state index contributed by atoms with van der Waals surface area (Å²) in [5, 5.41) is 13.3. The van der Waals surface area contributed by atoms with E-state index in [2.05, 4.69) is 10.3 Å². The maximum absolute atomic E-state index is 12.2. The Hall–Kier alpha value is -1.08. The van der Waals surface area contributed by atoms with Crippen molar-refractivity contribution in [1.82, 2.24) is 10.3 Å². The Morgan fingerprint density at radius 3 is 2.86 bits per heavy atom. The molecule has 1 aromatic heterocycles. The van der Waals surface area contributed by atoms with E-state index in [0.29, 0.717) is 11.7 Å². The van der Waals surface area contributed by atoms with Gasteiger partial charge in [-0.25, -0.2) is 4.98 Å². The van der Waals surface area contributed by atoms with Gasteiger partial charge in [0.25, 0.3) is 0 Å². The van der Waals surface area contributed by atoms with Crippen LogP contribution in [0.25, 0.3) is 0 Å². The lowest BCUT2D eigenvalue weighted by molar-refractivity contribution is -0.136. The lowest BCUT2D eigenvalue weighted by atomic mass is 9.95. The predicted molar refractivity (Wildman–Crippen MR) is 83.8 cm³/mol. The fraction of sp³-hybridized carbons (Fsp3) is 0.643. The van der Waals surface area contributed by atoms with Gasteiger partial charge in [0.1, 0.15) is 0 Å². The van der Waals surface area contributed by atoms with E-state index >= 15 is 0 Å². The molecule has 0 spiro atoms. The molecule has 5 nitrogen and oxygen atoms in total. The number of carbonyl (C=O) groups excluding carboxylic acids is 1. The van der Waals surface area contributed by atoms with Crippen LogP contribution in [0.3, 0.4) is 0 Å². The third-order valence-corrected chi connectivity index (χ3v) is 5.58. The summed E-state index contributed by atoms with van der Waals surface area (Å²) in [7, 11) is 0. The highest BCUT2D eigenvalue weighted by molar-refractivity contribution is 8.02. The Morgan fingerprint density at radius 2 is 2.19 bits per heavy atom. The van der Waals surface area contributed by atoms with Crippen LogP contribution >= 0.6 is 23.1 Å². The molecule has 1 amide bonds. The molecule has 21 heavy (non-hydrogen) atoms. The van der Waals surface area contributed by atoms with Gasteiger partial charge in [0, 0.05) is 11.4 Å². The molecule has 0 saturated heterocycles. The number of hydrogen-bond acceptors (Lipinski definition) is 5. The fourth-order valence-corrected chi connectivity index (χ4v) is 4.34. The molecule has 1 atom stereocenters. The first kappa shape index (κ1) is 16.3. The van der Waals surface area contributed by atoms with Gasteiger partial charge in [-0.05, 0) is 19.8 Å². The molecule has 0 aliphatic heterocycles. The largest absolute Gasteiger partial charge is 0.481 e. The second-order valence-electron chi connectivity index (χ2n) is 5.28. The highest BCUT2D eigenvalue weighted by Gasteiger charge is 2.21. The van der Waals surface area contributed by atoms with Gasteiger partial charge < -0.3 is 10.4 Å². The molecule has 0 bridgehead atoms. The Balaban J connectivity index is 1.82. The van der Waals surface area contributed by atoms with E-state index in [1.165, 1.54) is 42.4 Å². The maximum atomic E-state index is 12.2. The molecular formula is C14H20N2O3S2. The summed E-state index contributed by atoms with van der Waals surface area (Å²) in [6, 6.07) is 0.313. The fourth-order valence-electron chi connectivity index (χ4n) is 2.35. The molecule has 0 radical (unpaired) electrons. The summed E-state index contributed by atoms with van der Waals surface area (Å²) in [6.07, 6.45) is 5.73. The van der Waals surface area contributed by atoms with Gasteiger partial charge in [-0.3, -0.25) is 9.59 Å². The van der Waals surface area contributed by atoms with E-state index in [1.54, 1.807) is 5.38 Å². The molecule has 0 aromatic carbocycles. The van der Waals surface area contributed by atoms with Crippen LogP contribution in [-0.4, -0.2) is 33.3 Å². The molecule has 2 N–H and O–H groups in total. The van der Waals surface area contributed by atoms with E-state index in [9.17, 15) is 9.59 Å². The monoisotopic (exact) mass is 328 g/mol. The zero-order valence-electron chi connectivity index (χ0n) is 12.0. The van der Waals surface area contributed by atoms with E-state index in [1.807, 2.05) is 6.92 Å². The molecule has 1 aromatic rings. The molecule has 1 unspecified atom stereocenters. The summed E-state index contributed by atoms with van der Waals surface area (Å²) < 4.78 is 0.748. The Labute approximate surface area is 132 Å². The summed E-state index contributed by atoms with van der Waals surface area (Å²) >= 11 is 2.78. The Bertz CT molecular complexity index is 498. The van der Waals surface area contributed by atoms with E-state index in [4.69, 9.17) is 5.11 Å². The molecule has 1 aliphatic carbocycles. The number of amides is 1. The molecule has 1 heterocycles. The van der Waals surface area contributed by atoms with Crippen molar-refractivity contribution in [3.8, 4) is 0 Å². The summed E-state index contributed by atoms with van der Waals surface area (Å²) in [4.78, 5) is 27.0. The number of carboxylic acids is 1. The van der Waals surface area contributed by atoms with Gasteiger partial charge in [0.05, 0.1) is 17.4 Å². The topological polar surface area (TPSA) is 79.3 Å². The van der Waals surface area contributed by atoms with Crippen molar-refractivity contribution >= 4 is 35.0 Å². The zero-order chi connectivity index (χ0) is 15.2. The lowest BCUT2D eigenvalue weighted by Crippen LogP contribution is -2.40. The summed E-state index contributed by atoms with van der Waals surface area (Å²) in [6.45, 7) is 1.86. The second-order valence-corrected chi connectivity index (χ2v) is 7.72. The minimum Gasteiger partial charge on any atom is -0.481 e. The smallest absolute Gasteiger partial charge is 0.309 e. The molecular weight excluding hydrogens is 308 g/mol. The van der Waals surface area contributed by atoms with E-state index < -0.39 is 5.97 Å². The van der Waals surface area contributed by atoms with Crippen molar-refractivity contribution in [1.29, 1.82) is 0 Å². The molecule has 2 rings (SSSR count). The number of rotatable bonds is 6. The third-order valence-electron chi connectivity index (χ3n) is 3.46. The molecule has 1 saturated carbocycles. The van der Waals surface area contributed by atoms with Crippen LogP contribution < -0.4 is 5.32 Å². The van der Waals surface area contributed by atoms with Crippen LogP contribution in [0.1, 0.15) is 44.7 Å². The van der Waals surface area contributed by atoms with Crippen molar-refractivity contribution in [3.05, 3.63) is 11.1 Å². The molecule has 1 aliphatic rings.